The third kappa shape index (κ3) is 6.42. The van der Waals surface area contributed by atoms with E-state index in [9.17, 15) is 23.1 Å². The molecule has 32 heavy (non-hydrogen) atoms. The lowest BCUT2D eigenvalue weighted by Crippen LogP contribution is -2.51. The Morgan fingerprint density at radius 1 is 1.19 bits per heavy atom. The van der Waals surface area contributed by atoms with Crippen LogP contribution in [-0.2, 0) is 30.4 Å². The van der Waals surface area contributed by atoms with Crippen molar-refractivity contribution in [3.63, 3.8) is 0 Å². The van der Waals surface area contributed by atoms with Crippen molar-refractivity contribution < 1.29 is 27.8 Å². The first-order chi connectivity index (χ1) is 14.9. The molecule has 1 amide bonds. The maximum absolute atomic E-state index is 13.0. The number of hydrogen-bond acceptors (Lipinski definition) is 6. The average Bonchev–Trinajstić information content (AvgIpc) is 3.10. The molecular formula is C21H28F3N5O3. The molecule has 8 nitrogen and oxygen atoms in total. The normalized spacial score (nSPS) is 16.8. The van der Waals surface area contributed by atoms with Gasteiger partial charge in [-0.1, -0.05) is 30.3 Å². The number of alkyl carbamates (subject to hydrolysis) is 1. The lowest BCUT2D eigenvalue weighted by molar-refractivity contribution is -0.148. The van der Waals surface area contributed by atoms with Crippen LogP contribution in [0.1, 0.15) is 38.0 Å². The molecule has 2 N–H and O–H groups in total. The Hall–Kier alpha value is -2.66. The van der Waals surface area contributed by atoms with Gasteiger partial charge >= 0.3 is 12.3 Å². The van der Waals surface area contributed by atoms with Crippen LogP contribution in [0.5, 0.6) is 0 Å². The summed E-state index contributed by atoms with van der Waals surface area (Å²) >= 11 is 0. The molecule has 0 unspecified atom stereocenters. The van der Waals surface area contributed by atoms with Crippen LogP contribution >= 0.6 is 0 Å². The number of halogens is 3. The number of rotatable bonds is 6. The zero-order chi connectivity index (χ0) is 23.5. The van der Waals surface area contributed by atoms with Crippen molar-refractivity contribution in [2.24, 2.45) is 0 Å². The number of fused-ring (bicyclic) bond motifs is 1. The largest absolute Gasteiger partial charge is 0.451 e. The quantitative estimate of drug-likeness (QED) is 0.696. The molecule has 0 saturated heterocycles. The number of carbonyl (C=O) groups excluding carboxylic acids is 1. The Labute approximate surface area is 184 Å². The maximum atomic E-state index is 13.0. The number of nitrogens with zero attached hydrogens (tertiary/aromatic N) is 4. The van der Waals surface area contributed by atoms with Gasteiger partial charge in [0.2, 0.25) is 5.82 Å². The van der Waals surface area contributed by atoms with E-state index in [0.29, 0.717) is 6.42 Å². The highest BCUT2D eigenvalue weighted by Gasteiger charge is 2.39. The van der Waals surface area contributed by atoms with Gasteiger partial charge in [0.1, 0.15) is 11.4 Å². The van der Waals surface area contributed by atoms with Crippen molar-refractivity contribution in [1.29, 1.82) is 0 Å². The predicted octanol–water partition coefficient (Wildman–Crippen LogP) is 2.61. The Kier molecular flexibility index (Phi) is 7.09. The molecule has 3 rings (SSSR count). The highest BCUT2D eigenvalue weighted by atomic mass is 19.4. The molecule has 0 fully saturated rings. The lowest BCUT2D eigenvalue weighted by Gasteiger charge is -2.33. The molecule has 0 aliphatic carbocycles. The standard InChI is InChI=1S/C21H28F3N5O3/c1-20(2,3)32-19(31)25-15(11-14-7-5-4-6-8-14)16(30)12-28-9-10-29-17(13-28)26-27-18(29)21(22,23)24/h4-8,15-16,30H,9-13H2,1-3H3,(H,25,31)/t15-,16-/m1/s1. The molecule has 2 heterocycles. The molecule has 0 radical (unpaired) electrons. The highest BCUT2D eigenvalue weighted by Crippen LogP contribution is 2.29. The van der Waals surface area contributed by atoms with E-state index < -0.39 is 35.8 Å². The molecule has 2 atom stereocenters. The van der Waals surface area contributed by atoms with E-state index in [0.717, 1.165) is 10.1 Å². The van der Waals surface area contributed by atoms with Crippen molar-refractivity contribution in [3.8, 4) is 0 Å². The van der Waals surface area contributed by atoms with Crippen LogP contribution in [0.4, 0.5) is 18.0 Å². The van der Waals surface area contributed by atoms with Gasteiger partial charge < -0.3 is 19.7 Å². The predicted molar refractivity (Wildman–Crippen MR) is 110 cm³/mol. The molecule has 0 bridgehead atoms. The molecule has 1 aliphatic rings. The summed E-state index contributed by atoms with van der Waals surface area (Å²) in [4.78, 5) is 14.1. The Bertz CT molecular complexity index is 912. The van der Waals surface area contributed by atoms with Crippen LogP contribution < -0.4 is 5.32 Å². The van der Waals surface area contributed by atoms with E-state index >= 15 is 0 Å². The van der Waals surface area contributed by atoms with Crippen LogP contribution in [0.2, 0.25) is 0 Å². The summed E-state index contributed by atoms with van der Waals surface area (Å²) in [7, 11) is 0. The number of benzene rings is 1. The molecule has 0 spiro atoms. The van der Waals surface area contributed by atoms with Crippen molar-refractivity contribution in [3.05, 3.63) is 47.5 Å². The molecule has 1 aromatic carbocycles. The number of ether oxygens (including phenoxy) is 1. The molecule has 176 valence electrons. The SMILES string of the molecule is CC(C)(C)OC(=O)N[C@H](Cc1ccccc1)[C@H](O)CN1CCn2c(nnc2C(F)(F)F)C1. The number of alkyl halides is 3. The van der Waals surface area contributed by atoms with Crippen molar-refractivity contribution in [2.75, 3.05) is 13.1 Å². The molecule has 1 aliphatic heterocycles. The summed E-state index contributed by atoms with van der Waals surface area (Å²) in [5, 5.41) is 20.6. The molecular weight excluding hydrogens is 427 g/mol. The van der Waals surface area contributed by atoms with Gasteiger partial charge in [-0.05, 0) is 32.8 Å². The lowest BCUT2D eigenvalue weighted by atomic mass is 10.0. The van der Waals surface area contributed by atoms with Crippen molar-refractivity contribution in [1.82, 2.24) is 25.0 Å². The number of carbonyl (C=O) groups is 1. The van der Waals surface area contributed by atoms with E-state index in [2.05, 4.69) is 15.5 Å². The van der Waals surface area contributed by atoms with Crippen LogP contribution in [0.15, 0.2) is 30.3 Å². The van der Waals surface area contributed by atoms with Crippen molar-refractivity contribution in [2.45, 2.75) is 64.2 Å². The minimum atomic E-state index is -4.56. The second-order valence-electron chi connectivity index (χ2n) is 8.83. The number of β-amino-alcohol motifs (C(OH)–C–C–N with tert-alkyl or cyclic N) is 1. The number of nitrogens with one attached hydrogen (secondary N) is 1. The Morgan fingerprint density at radius 3 is 2.50 bits per heavy atom. The topological polar surface area (TPSA) is 92.5 Å². The number of aromatic nitrogens is 3. The molecule has 11 heteroatoms. The first-order valence-corrected chi connectivity index (χ1v) is 10.4. The zero-order valence-electron chi connectivity index (χ0n) is 18.3. The Balaban J connectivity index is 1.68. The first kappa shape index (κ1) is 24.0. The molecule has 2 aromatic rings. The van der Waals surface area contributed by atoms with Gasteiger partial charge in [-0.3, -0.25) is 4.90 Å². The zero-order valence-corrected chi connectivity index (χ0v) is 18.3. The van der Waals surface area contributed by atoms with Gasteiger partial charge in [0.25, 0.3) is 0 Å². The highest BCUT2D eigenvalue weighted by molar-refractivity contribution is 5.68. The fourth-order valence-corrected chi connectivity index (χ4v) is 3.58. The van der Waals surface area contributed by atoms with Gasteiger partial charge in [0.15, 0.2) is 0 Å². The number of amides is 1. The van der Waals surface area contributed by atoms with Crippen LogP contribution in [-0.4, -0.2) is 61.7 Å². The van der Waals surface area contributed by atoms with E-state index in [4.69, 9.17) is 4.74 Å². The van der Waals surface area contributed by atoms with Crippen LogP contribution in [0, 0.1) is 0 Å². The van der Waals surface area contributed by atoms with Gasteiger partial charge in [-0.25, -0.2) is 4.79 Å². The van der Waals surface area contributed by atoms with E-state index in [1.807, 2.05) is 30.3 Å². The molecule has 0 saturated carbocycles. The maximum Gasteiger partial charge on any atom is 0.451 e. The second-order valence-corrected chi connectivity index (χ2v) is 8.83. The fraction of sp³-hybridized carbons (Fsp3) is 0.571. The van der Waals surface area contributed by atoms with Gasteiger partial charge in [-0.15, -0.1) is 10.2 Å². The third-order valence-corrected chi connectivity index (χ3v) is 5.00. The second kappa shape index (κ2) is 9.45. The smallest absolute Gasteiger partial charge is 0.444 e. The summed E-state index contributed by atoms with van der Waals surface area (Å²) in [5.74, 6) is -0.822. The van der Waals surface area contributed by atoms with Gasteiger partial charge in [0.05, 0.1) is 18.7 Å². The third-order valence-electron chi connectivity index (χ3n) is 5.00. The first-order valence-electron chi connectivity index (χ1n) is 10.4. The van der Waals surface area contributed by atoms with Gasteiger partial charge in [-0.2, -0.15) is 13.2 Å². The van der Waals surface area contributed by atoms with Gasteiger partial charge in [0, 0.05) is 19.6 Å². The summed E-state index contributed by atoms with van der Waals surface area (Å²) in [6.07, 6.45) is -5.83. The van der Waals surface area contributed by atoms with Crippen LogP contribution in [0.25, 0.3) is 0 Å². The monoisotopic (exact) mass is 455 g/mol. The fourth-order valence-electron chi connectivity index (χ4n) is 3.58. The molecule has 1 aromatic heterocycles. The Morgan fingerprint density at radius 2 is 1.88 bits per heavy atom. The average molecular weight is 455 g/mol. The minimum absolute atomic E-state index is 0.0622. The van der Waals surface area contributed by atoms with E-state index in [-0.39, 0.29) is 32.0 Å². The van der Waals surface area contributed by atoms with E-state index in [1.165, 1.54) is 0 Å². The van der Waals surface area contributed by atoms with Crippen LogP contribution in [0.3, 0.4) is 0 Å². The summed E-state index contributed by atoms with van der Waals surface area (Å²) in [6, 6.07) is 8.72. The summed E-state index contributed by atoms with van der Waals surface area (Å²) in [5.41, 5.74) is 0.222. The number of aliphatic hydroxyl groups is 1. The minimum Gasteiger partial charge on any atom is -0.444 e. The number of hydrogen-bond donors (Lipinski definition) is 2. The summed E-state index contributed by atoms with van der Waals surface area (Å²) < 4.78 is 45.5. The van der Waals surface area contributed by atoms with Crippen molar-refractivity contribution >= 4 is 6.09 Å². The number of aliphatic hydroxyl groups excluding tert-OH is 1. The van der Waals surface area contributed by atoms with E-state index in [1.54, 1.807) is 25.7 Å². The summed E-state index contributed by atoms with van der Waals surface area (Å²) in [6.45, 7) is 5.84.